The van der Waals surface area contributed by atoms with Crippen LogP contribution in [0.1, 0.15) is 27.7 Å². The molecule has 0 aromatic heterocycles. The van der Waals surface area contributed by atoms with Crippen LogP contribution in [-0.4, -0.2) is 23.9 Å². The Morgan fingerprint density at radius 3 is 0.529 bits per heavy atom. The van der Waals surface area contributed by atoms with Crippen LogP contribution in [0.5, 0.6) is 0 Å². The van der Waals surface area contributed by atoms with Gasteiger partial charge in [-0.3, -0.25) is 0 Å². The molecule has 0 atom stereocenters. The Balaban J connectivity index is -0.0000000369. The third kappa shape index (κ3) is 1080. The predicted octanol–water partition coefficient (Wildman–Crippen LogP) is -4.98. The first kappa shape index (κ1) is 29.6. The van der Waals surface area contributed by atoms with Crippen LogP contribution in [0, 0.1) is 0 Å². The molecule has 9 heteroatoms. The molecule has 0 aliphatic rings. The van der Waals surface area contributed by atoms with E-state index in [-0.39, 0.29) is 20.4 Å². The molecule has 0 aliphatic carbocycles. The number of carbonyl (C=O) groups is 4. The summed E-state index contributed by atoms with van der Waals surface area (Å²) in [4.78, 5) is 35.6. The van der Waals surface area contributed by atoms with Gasteiger partial charge in [0.1, 0.15) is 0 Å². The fraction of sp³-hybridized carbons (Fsp3) is 0.500. The maximum absolute atomic E-state index is 8.89. The maximum Gasteiger partial charge on any atom is 0.0383 e. The summed E-state index contributed by atoms with van der Waals surface area (Å²) >= 11 is 0. The minimum Gasteiger partial charge on any atom is -0.550 e. The quantitative estimate of drug-likeness (QED) is 0.395. The number of carboxylic acids is 4. The van der Waals surface area contributed by atoms with Gasteiger partial charge in [0.05, 0.1) is 0 Å². The number of rotatable bonds is 0. The van der Waals surface area contributed by atoms with Crippen LogP contribution in [0.2, 0.25) is 0 Å². The molecule has 0 rings (SSSR count). The Kier molecular flexibility index (Phi) is 41.7. The summed E-state index contributed by atoms with van der Waals surface area (Å²) in [6.07, 6.45) is 0. The van der Waals surface area contributed by atoms with Crippen molar-refractivity contribution in [2.45, 2.75) is 27.7 Å². The molecule has 17 heavy (non-hydrogen) atoms. The van der Waals surface area contributed by atoms with Crippen molar-refractivity contribution < 1.29 is 60.0 Å². The molecule has 0 heterocycles. The number of hydrogen-bond acceptors (Lipinski definition) is 8. The average Bonchev–Trinajstić information content (AvgIpc) is 1.76. The van der Waals surface area contributed by atoms with Crippen molar-refractivity contribution in [1.29, 1.82) is 0 Å². The van der Waals surface area contributed by atoms with E-state index in [2.05, 4.69) is 0 Å². The first-order chi connectivity index (χ1) is 6.93. The van der Waals surface area contributed by atoms with E-state index in [0.29, 0.717) is 0 Å². The Morgan fingerprint density at radius 2 is 0.529 bits per heavy atom. The van der Waals surface area contributed by atoms with Crippen LogP contribution < -0.4 is 20.4 Å². The van der Waals surface area contributed by atoms with Gasteiger partial charge < -0.3 is 39.6 Å². The Labute approximate surface area is 112 Å². The summed E-state index contributed by atoms with van der Waals surface area (Å²) in [5.41, 5.74) is 0. The second kappa shape index (κ2) is 24.0. The maximum atomic E-state index is 8.89. The molecule has 0 unspecified atom stereocenters. The molecule has 0 radical (unpaired) electrons. The van der Waals surface area contributed by atoms with Crippen LogP contribution >= 0.6 is 0 Å². The molecule has 0 aromatic carbocycles. The minimum atomic E-state index is -1.08. The van der Waals surface area contributed by atoms with Crippen LogP contribution in [0.15, 0.2) is 0 Å². The smallest absolute Gasteiger partial charge is 0.0383 e. The van der Waals surface area contributed by atoms with Gasteiger partial charge in [-0.1, -0.05) is 0 Å². The van der Waals surface area contributed by atoms with Crippen molar-refractivity contribution >= 4 is 23.9 Å². The molecule has 0 fully saturated rings. The monoisotopic (exact) mass is 342 g/mol. The fourth-order valence-electron chi connectivity index (χ4n) is 0. The SMILES string of the molecule is CC(=O)[O-].CC(=O)[O-].CC(=O)[O-].CC(=O)[O-].[Pd]. The Bertz CT molecular complexity index is 162. The average molecular weight is 343 g/mol. The van der Waals surface area contributed by atoms with Gasteiger partial charge in [0, 0.05) is 44.3 Å². The number of carboxylic acid groups (broad SMARTS) is 4. The van der Waals surface area contributed by atoms with Gasteiger partial charge in [-0.05, 0) is 27.7 Å². The van der Waals surface area contributed by atoms with Crippen LogP contribution in [0.3, 0.4) is 0 Å². The zero-order valence-corrected chi connectivity index (χ0v) is 11.1. The van der Waals surface area contributed by atoms with Crippen LogP contribution in [0.25, 0.3) is 0 Å². The summed E-state index contributed by atoms with van der Waals surface area (Å²) in [6, 6.07) is 0. The molecule has 8 nitrogen and oxygen atoms in total. The second-order valence-corrected chi connectivity index (χ2v) is 1.97. The zero-order valence-electron chi connectivity index (χ0n) is 9.58. The fourth-order valence-corrected chi connectivity index (χ4v) is 0. The molecule has 0 aliphatic heterocycles. The van der Waals surface area contributed by atoms with E-state index >= 15 is 0 Å². The summed E-state index contributed by atoms with van der Waals surface area (Å²) in [5, 5.41) is 35.6. The summed E-state index contributed by atoms with van der Waals surface area (Å²) in [5.74, 6) is -4.33. The van der Waals surface area contributed by atoms with Gasteiger partial charge >= 0.3 is 0 Å². The van der Waals surface area contributed by atoms with Crippen molar-refractivity contribution in [1.82, 2.24) is 0 Å². The van der Waals surface area contributed by atoms with Crippen molar-refractivity contribution in [3.05, 3.63) is 0 Å². The third-order valence-corrected chi connectivity index (χ3v) is 0. The number of carbonyl (C=O) groups excluding carboxylic acids is 4. The van der Waals surface area contributed by atoms with E-state index in [1.165, 1.54) is 0 Å². The topological polar surface area (TPSA) is 161 Å². The Hall–Kier alpha value is -1.46. The first-order valence-corrected chi connectivity index (χ1v) is 3.63. The molecule has 0 amide bonds. The molecule has 0 aromatic rings. The molecule has 0 spiro atoms. The normalized spacial score (nSPS) is 5.88. The van der Waals surface area contributed by atoms with Gasteiger partial charge in [0.2, 0.25) is 0 Å². The van der Waals surface area contributed by atoms with E-state index in [9.17, 15) is 0 Å². The van der Waals surface area contributed by atoms with Gasteiger partial charge in [-0.2, -0.15) is 0 Å². The van der Waals surface area contributed by atoms with E-state index in [0.717, 1.165) is 27.7 Å². The predicted molar refractivity (Wildman–Crippen MR) is 42.7 cm³/mol. The standard InChI is InChI=1S/4C2H4O2.Pd/c4*1-2(3)4;/h4*1H3,(H,3,4);/p-4. The van der Waals surface area contributed by atoms with Gasteiger partial charge in [0.15, 0.2) is 0 Å². The van der Waals surface area contributed by atoms with Crippen molar-refractivity contribution in [2.24, 2.45) is 0 Å². The van der Waals surface area contributed by atoms with Crippen molar-refractivity contribution in [2.75, 3.05) is 0 Å². The van der Waals surface area contributed by atoms with Gasteiger partial charge in [-0.25, -0.2) is 0 Å². The van der Waals surface area contributed by atoms with E-state index < -0.39 is 23.9 Å². The second-order valence-electron chi connectivity index (χ2n) is 1.97. The van der Waals surface area contributed by atoms with E-state index in [4.69, 9.17) is 39.6 Å². The first-order valence-electron chi connectivity index (χ1n) is 3.63. The van der Waals surface area contributed by atoms with Crippen LogP contribution in [-0.2, 0) is 39.6 Å². The minimum absolute atomic E-state index is 0. The summed E-state index contributed by atoms with van der Waals surface area (Å²) in [7, 11) is 0. The molecule has 0 saturated heterocycles. The molecule has 106 valence electrons. The Morgan fingerprint density at radius 1 is 0.529 bits per heavy atom. The largest absolute Gasteiger partial charge is 0.550 e. The zero-order chi connectivity index (χ0) is 14.3. The summed E-state index contributed by atoms with van der Waals surface area (Å²) < 4.78 is 0. The van der Waals surface area contributed by atoms with Crippen LogP contribution in [0.4, 0.5) is 0 Å². The molecular formula is C8H12O8Pd-4. The van der Waals surface area contributed by atoms with E-state index in [1.54, 1.807) is 0 Å². The number of aliphatic carboxylic acids is 4. The molecule has 0 N–H and O–H groups in total. The molecule has 0 bridgehead atoms. The van der Waals surface area contributed by atoms with Gasteiger partial charge in [-0.15, -0.1) is 0 Å². The van der Waals surface area contributed by atoms with E-state index in [1.807, 2.05) is 0 Å². The van der Waals surface area contributed by atoms with Crippen molar-refractivity contribution in [3.63, 3.8) is 0 Å². The summed E-state index contributed by atoms with van der Waals surface area (Å²) in [6.45, 7) is 3.89. The van der Waals surface area contributed by atoms with Crippen molar-refractivity contribution in [3.8, 4) is 0 Å². The third-order valence-electron chi connectivity index (χ3n) is 0. The number of hydrogen-bond donors (Lipinski definition) is 0. The molecule has 0 saturated carbocycles. The van der Waals surface area contributed by atoms with Gasteiger partial charge in [0.25, 0.3) is 0 Å². The molecular weight excluding hydrogens is 330 g/mol.